The van der Waals surface area contributed by atoms with Crippen molar-refractivity contribution in [1.82, 2.24) is 56.0 Å². The Balaban J connectivity index is 0.0000000928. The van der Waals surface area contributed by atoms with Crippen LogP contribution in [0.4, 0.5) is 0 Å². The number of hydrogen-bond donors (Lipinski definition) is 9. The fourth-order valence-electron chi connectivity index (χ4n) is 38.0. The molecule has 6 aromatic rings. The maximum absolute atomic E-state index is 12.2. The smallest absolute Gasteiger partial charge is 0.220 e. The van der Waals surface area contributed by atoms with Gasteiger partial charge in [-0.3, -0.25) is 33.8 Å². The Hall–Kier alpha value is -9.45. The van der Waals surface area contributed by atoms with Crippen molar-refractivity contribution in [1.29, 1.82) is 0 Å². The third-order valence-corrected chi connectivity index (χ3v) is 44.0. The molecule has 149 heavy (non-hydrogen) atoms. The molecule has 6 spiro atoms. The topological polar surface area (TPSA) is 307 Å². The number of amides is 5. The number of aryl methyl sites for hydroxylation is 6. The lowest BCUT2D eigenvalue weighted by Crippen LogP contribution is -2.78. The Morgan fingerprint density at radius 2 is 0.631 bits per heavy atom. The molecule has 10 N–H and O–H groups in total. The van der Waals surface area contributed by atoms with Crippen molar-refractivity contribution < 1.29 is 67.7 Å². The second kappa shape index (κ2) is 35.8. The maximum Gasteiger partial charge on any atom is 0.220 e. The summed E-state index contributed by atoms with van der Waals surface area (Å²) in [6.07, 6.45) is 27.5. The average molecular weight is 2030 g/mol. The van der Waals surface area contributed by atoms with E-state index in [1.165, 1.54) is 102 Å². The highest BCUT2D eigenvalue weighted by molar-refractivity contribution is 5.78. The number of nitrogens with one attached hydrogen (secondary N) is 5. The van der Waals surface area contributed by atoms with Gasteiger partial charge in [0.2, 0.25) is 29.5 Å². The molecule has 12 fully saturated rings. The molecule has 6 saturated heterocycles. The Morgan fingerprint density at radius 3 is 1.01 bits per heavy atom. The van der Waals surface area contributed by atoms with Gasteiger partial charge in [-0.2, -0.15) is 0 Å². The molecular formula is C123H160N12O14. The average Bonchev–Trinajstić information content (AvgIpc) is 1.52. The molecule has 12 bridgehead atoms. The summed E-state index contributed by atoms with van der Waals surface area (Å²) >= 11 is 0. The van der Waals surface area contributed by atoms with Crippen LogP contribution in [0.1, 0.15) is 257 Å². The molecule has 6 unspecified atom stereocenters. The Kier molecular flexibility index (Phi) is 24.1. The first-order chi connectivity index (χ1) is 71.4. The molecule has 12 aliphatic heterocycles. The van der Waals surface area contributed by atoms with Crippen LogP contribution in [-0.2, 0) is 95.0 Å². The summed E-state index contributed by atoms with van der Waals surface area (Å²) < 4.78 is 39.5. The normalized spacial score (nSPS) is 39.7. The van der Waals surface area contributed by atoms with Gasteiger partial charge in [0.05, 0.1) is 63.3 Å². The predicted octanol–water partition coefficient (Wildman–Crippen LogP) is 11.7. The highest BCUT2D eigenvalue weighted by atomic mass is 16.5. The van der Waals surface area contributed by atoms with E-state index < -0.39 is 27.6 Å². The number of benzene rings is 6. The van der Waals surface area contributed by atoms with Crippen LogP contribution in [0.25, 0.3) is 0 Å². The molecule has 6 aromatic carbocycles. The van der Waals surface area contributed by atoms with Crippen molar-refractivity contribution in [2.45, 2.75) is 395 Å². The zero-order valence-electron chi connectivity index (χ0n) is 90.5. The van der Waals surface area contributed by atoms with Gasteiger partial charge in [-0.15, -0.1) is 13.2 Å². The third kappa shape index (κ3) is 13.8. The monoisotopic (exact) mass is 2030 g/mol. The number of likely N-dealkylation sites (tertiary alicyclic amines) is 6. The van der Waals surface area contributed by atoms with Crippen molar-refractivity contribution in [3.05, 3.63) is 198 Å². The minimum absolute atomic E-state index is 0.0158. The molecule has 26 nitrogen and oxygen atoms in total. The van der Waals surface area contributed by atoms with Crippen LogP contribution in [0.5, 0.6) is 34.5 Å². The molecule has 0 aromatic heterocycles. The lowest BCUT2D eigenvalue weighted by Gasteiger charge is -2.64. The maximum atomic E-state index is 12.2. The summed E-state index contributed by atoms with van der Waals surface area (Å²) in [5.74, 6) is 8.43. The van der Waals surface area contributed by atoms with Crippen LogP contribution in [0.15, 0.2) is 98.1 Å². The van der Waals surface area contributed by atoms with Gasteiger partial charge in [0.1, 0.15) is 71.1 Å². The summed E-state index contributed by atoms with van der Waals surface area (Å²) in [6, 6.07) is 29.2. The zero-order chi connectivity index (χ0) is 104. The first kappa shape index (κ1) is 100. The molecule has 12 aliphatic carbocycles. The molecule has 5 amide bonds. The lowest BCUT2D eigenvalue weighted by atomic mass is 9.48. The van der Waals surface area contributed by atoms with E-state index in [-0.39, 0.29) is 142 Å². The molecule has 796 valence electrons. The van der Waals surface area contributed by atoms with E-state index in [1.54, 1.807) is 27.7 Å². The SMILES string of the molecule is C=CCN1CC[C@@]23c4c5ccc(C)c4O[C@@H]2C(NC(=O)CC)CC[C@]3(O)[C@@H]1C5.C=CCN1CC[C@@]23c4c5ccc(C)c4O[C@@H]2C(NC(C)=O)CC[C@@H]3[C@@H]1C5.CC(=O)NC1CC[C@@H]2[C@@H]3Cc4ccc(C)c5c4[C@]2(CCN3C)[C@@H]1O5.CC(=O)NC1CC[C@@H]2[C@@H]3Cc4ccc(C)c5c4[C@]2(CCN3C)[C@@H]1O5.CC(=O)NC1CC[C@]2(O)[C@@H]3Cc4ccc(C)c5c4[C@]2(CCN3C)[C@@H]1O5.Cc1ccc2c3c1O[C@@H]1C(N)CC[C@]4(O)[C@H](C2)N(C)CC[C@@]314. The third-order valence-electron chi connectivity index (χ3n) is 44.0. The summed E-state index contributed by atoms with van der Waals surface area (Å²) in [7, 11) is 8.83. The van der Waals surface area contributed by atoms with E-state index >= 15 is 0 Å². The van der Waals surface area contributed by atoms with E-state index in [0.29, 0.717) is 55.1 Å². The van der Waals surface area contributed by atoms with Gasteiger partial charge in [0, 0.05) is 139 Å². The number of nitrogens with zero attached hydrogens (tertiary/aromatic N) is 6. The Labute approximate surface area is 879 Å². The standard InChI is InChI=1S/C23H30N2O3.C22H28N2O2.C20H26N2O3.2C20H26N2O2.C18H24N2O2/c1-4-11-25-12-10-22-19-15-7-6-14(3)20(19)28-21(22)16(24-18(26)5-2)8-9-23(22,27)17(25)13-15;1-4-10-24-11-9-22-16-7-8-17(23-14(3)25)21(22)26-20-13(2)5-6-15(19(20)22)12-18(16)24;1-11-4-5-13-10-15-20(24)7-6-14(21-12(2)23)18-19(20,8-9-22(15)3)16(13)17(11)25-18;2*1-11-4-5-13-10-16-14-6-7-15(21-12(2)23)19-20(14,8-9-22(16)3)17(13)18(11)24-19;1-10-3-4-11-9-13-18(21)6-5-12(19)16-17(18,7-8-20(13)2)14(11)15(10)22-16/h4,6-7,16-17,21,27H,1,5,8-13H2,2-3H3,(H,24,26);4-6,16-18,21H,1,7-12H2,2-3H3,(H,23,25);4-5,14-15,18,24H,6-10H2,1-3H3,(H,21,23);2*4-5,14-16,19H,6-10H2,1-3H3,(H,21,23);3-4,12-13,16,21H,5-9,19H2,1-2H3/t16?,17-,21+,22+,23-;16-,17?,18+,21-,22-;14?,15-,18+,19+,20-;2*14-,15?,16+,19-,20-;12?,13-,16+,17+,18-/m010110/s1. The number of piperidine rings is 6. The summed E-state index contributed by atoms with van der Waals surface area (Å²) in [5, 5.41) is 52.0. The second-order valence-electron chi connectivity index (χ2n) is 50.6. The molecule has 30 rings (SSSR count). The van der Waals surface area contributed by atoms with Gasteiger partial charge in [0.15, 0.2) is 0 Å². The van der Waals surface area contributed by atoms with E-state index in [9.17, 15) is 39.3 Å². The molecule has 12 heterocycles. The number of hydrogen-bond acceptors (Lipinski definition) is 21. The highest BCUT2D eigenvalue weighted by Gasteiger charge is 2.78. The molecule has 6 saturated carbocycles. The number of rotatable bonds is 10. The fourth-order valence-corrected chi connectivity index (χ4v) is 38.0. The largest absolute Gasteiger partial charge is 0.487 e. The quantitative estimate of drug-likeness (QED) is 0.0576. The molecule has 26 heteroatoms. The minimum atomic E-state index is -0.835. The number of likely N-dealkylation sites (N-methyl/N-ethyl adjacent to an activating group) is 4. The van der Waals surface area contributed by atoms with Gasteiger partial charge in [-0.1, -0.05) is 91.9 Å². The summed E-state index contributed by atoms with van der Waals surface area (Å²) in [5.41, 5.74) is 27.1. The minimum Gasteiger partial charge on any atom is -0.487 e. The van der Waals surface area contributed by atoms with Crippen LogP contribution < -0.4 is 60.7 Å². The van der Waals surface area contributed by atoms with Gasteiger partial charge in [-0.05, 0) is 348 Å². The first-order valence-corrected chi connectivity index (χ1v) is 57.0. The van der Waals surface area contributed by atoms with Gasteiger partial charge in [-0.25, -0.2) is 0 Å². The van der Waals surface area contributed by atoms with E-state index in [0.717, 1.165) is 226 Å². The number of carbonyl (C=O) groups is 5. The molecule has 24 aliphatic rings. The fraction of sp³-hybridized carbons (Fsp3) is 0.634. The molecular weight excluding hydrogens is 1870 g/mol. The van der Waals surface area contributed by atoms with Crippen LogP contribution in [0.3, 0.4) is 0 Å². The van der Waals surface area contributed by atoms with Gasteiger partial charge in [0.25, 0.3) is 0 Å². The number of ether oxygens (including phenoxy) is 6. The predicted molar refractivity (Wildman–Crippen MR) is 572 cm³/mol. The Bertz CT molecular complexity index is 6400. The molecule has 0 radical (unpaired) electrons. The second-order valence-corrected chi connectivity index (χ2v) is 50.6. The van der Waals surface area contributed by atoms with Crippen molar-refractivity contribution >= 4 is 29.5 Å². The Morgan fingerprint density at radius 1 is 0.342 bits per heavy atom. The van der Waals surface area contributed by atoms with Crippen LogP contribution in [0, 0.1) is 59.3 Å². The van der Waals surface area contributed by atoms with E-state index in [1.807, 2.05) is 19.1 Å². The zero-order valence-corrected chi connectivity index (χ0v) is 90.5. The van der Waals surface area contributed by atoms with Crippen molar-refractivity contribution in [3.63, 3.8) is 0 Å². The first-order valence-electron chi connectivity index (χ1n) is 57.0. The van der Waals surface area contributed by atoms with E-state index in [2.05, 4.69) is 212 Å². The lowest BCUT2D eigenvalue weighted by molar-refractivity contribution is -0.190. The number of nitrogens with two attached hydrogens (primary N) is 1. The summed E-state index contributed by atoms with van der Waals surface area (Å²) in [4.78, 5) is 74.1. The van der Waals surface area contributed by atoms with Gasteiger partial charge >= 0.3 is 0 Å². The number of carbonyl (C=O) groups excluding carboxylic acids is 5. The number of aliphatic hydroxyl groups is 3. The van der Waals surface area contributed by atoms with E-state index in [4.69, 9.17) is 34.2 Å². The van der Waals surface area contributed by atoms with Crippen LogP contribution in [0.2, 0.25) is 0 Å². The highest BCUT2D eigenvalue weighted by Crippen LogP contribution is 2.72. The van der Waals surface area contributed by atoms with Crippen LogP contribution >= 0.6 is 0 Å². The van der Waals surface area contributed by atoms with Crippen molar-refractivity contribution in [3.8, 4) is 34.5 Å². The van der Waals surface area contributed by atoms with Crippen LogP contribution in [-0.4, -0.2) is 281 Å². The van der Waals surface area contributed by atoms with Crippen molar-refractivity contribution in [2.75, 3.05) is 80.5 Å². The van der Waals surface area contributed by atoms with Crippen molar-refractivity contribution in [2.24, 2.45) is 23.5 Å². The molecule has 30 atom stereocenters. The van der Waals surface area contributed by atoms with Gasteiger partial charge < -0.3 is 95.7 Å². The summed E-state index contributed by atoms with van der Waals surface area (Å²) in [6.45, 7) is 36.9.